The van der Waals surface area contributed by atoms with Crippen molar-refractivity contribution in [2.24, 2.45) is 17.6 Å². The first-order valence-corrected chi connectivity index (χ1v) is 8.60. The Morgan fingerprint density at radius 2 is 1.22 bits per heavy atom. The van der Waals surface area contributed by atoms with Gasteiger partial charge in [-0.15, -0.1) is 0 Å². The minimum atomic E-state index is 0.495. The van der Waals surface area contributed by atoms with Crippen molar-refractivity contribution in [1.82, 2.24) is 0 Å². The minimum absolute atomic E-state index is 0.495. The lowest BCUT2D eigenvalue weighted by atomic mass is 9.83. The zero-order chi connectivity index (χ0) is 12.6. The number of nitrogens with two attached hydrogens (primary N) is 1. The summed E-state index contributed by atoms with van der Waals surface area (Å²) in [6, 6.07) is 0.495. The molecule has 0 aromatic rings. The molecule has 0 bridgehead atoms. The number of rotatable bonds is 5. The van der Waals surface area contributed by atoms with Gasteiger partial charge in [0.2, 0.25) is 0 Å². The Morgan fingerprint density at radius 3 is 1.83 bits per heavy atom. The van der Waals surface area contributed by atoms with Crippen molar-refractivity contribution in [2.75, 3.05) is 0 Å². The monoisotopic (exact) mass is 251 g/mol. The molecule has 0 aliphatic heterocycles. The highest BCUT2D eigenvalue weighted by molar-refractivity contribution is 4.74. The molecule has 0 radical (unpaired) electrons. The summed E-state index contributed by atoms with van der Waals surface area (Å²) < 4.78 is 0. The Balaban J connectivity index is 1.59. The van der Waals surface area contributed by atoms with Gasteiger partial charge < -0.3 is 5.73 Å². The molecule has 0 heterocycles. The molecule has 0 spiro atoms. The van der Waals surface area contributed by atoms with E-state index in [0.29, 0.717) is 6.04 Å². The maximum absolute atomic E-state index is 6.37. The van der Waals surface area contributed by atoms with E-state index in [0.717, 1.165) is 11.8 Å². The van der Waals surface area contributed by atoms with Gasteiger partial charge in [-0.1, -0.05) is 70.6 Å². The van der Waals surface area contributed by atoms with Gasteiger partial charge in [0.15, 0.2) is 0 Å². The smallest absolute Gasteiger partial charge is 0.00415 e. The van der Waals surface area contributed by atoms with Gasteiger partial charge in [0.05, 0.1) is 0 Å². The van der Waals surface area contributed by atoms with Crippen molar-refractivity contribution in [2.45, 2.75) is 95.9 Å². The molecular weight excluding hydrogens is 218 g/mol. The highest BCUT2D eigenvalue weighted by Crippen LogP contribution is 2.30. The Labute approximate surface area is 114 Å². The van der Waals surface area contributed by atoms with Crippen LogP contribution in [0.4, 0.5) is 0 Å². The first-order valence-electron chi connectivity index (χ1n) is 8.60. The molecule has 1 unspecified atom stereocenters. The molecule has 2 N–H and O–H groups in total. The van der Waals surface area contributed by atoms with Crippen LogP contribution in [0.25, 0.3) is 0 Å². The molecule has 0 aromatic heterocycles. The summed E-state index contributed by atoms with van der Waals surface area (Å²) in [5, 5.41) is 0. The molecule has 1 atom stereocenters. The van der Waals surface area contributed by atoms with Crippen LogP contribution in [0, 0.1) is 11.8 Å². The normalized spacial score (nSPS) is 25.8. The van der Waals surface area contributed by atoms with E-state index in [1.54, 1.807) is 0 Å². The molecule has 2 rings (SSSR count). The van der Waals surface area contributed by atoms with Crippen molar-refractivity contribution in [1.29, 1.82) is 0 Å². The van der Waals surface area contributed by atoms with E-state index in [9.17, 15) is 0 Å². The van der Waals surface area contributed by atoms with Gasteiger partial charge in [0, 0.05) is 6.04 Å². The number of hydrogen-bond acceptors (Lipinski definition) is 1. The summed E-state index contributed by atoms with van der Waals surface area (Å²) in [6.45, 7) is 0. The molecule has 0 amide bonds. The largest absolute Gasteiger partial charge is 0.328 e. The van der Waals surface area contributed by atoms with Crippen LogP contribution >= 0.6 is 0 Å². The first-order chi connectivity index (χ1) is 8.84. The van der Waals surface area contributed by atoms with Crippen molar-refractivity contribution >= 4 is 0 Å². The van der Waals surface area contributed by atoms with Crippen molar-refractivity contribution in [3.05, 3.63) is 0 Å². The van der Waals surface area contributed by atoms with E-state index >= 15 is 0 Å². The lowest BCUT2D eigenvalue weighted by Crippen LogP contribution is -2.24. The highest BCUT2D eigenvalue weighted by atomic mass is 14.6. The van der Waals surface area contributed by atoms with Gasteiger partial charge in [-0.05, 0) is 31.1 Å². The van der Waals surface area contributed by atoms with Crippen molar-refractivity contribution in [3.63, 3.8) is 0 Å². The van der Waals surface area contributed by atoms with Gasteiger partial charge in [-0.2, -0.15) is 0 Å². The zero-order valence-corrected chi connectivity index (χ0v) is 12.2. The van der Waals surface area contributed by atoms with Crippen LogP contribution in [0.15, 0.2) is 0 Å². The predicted molar refractivity (Wildman–Crippen MR) is 79.6 cm³/mol. The maximum atomic E-state index is 6.37. The lowest BCUT2D eigenvalue weighted by molar-refractivity contribution is 0.305. The average Bonchev–Trinajstić information content (AvgIpc) is 2.66. The van der Waals surface area contributed by atoms with Gasteiger partial charge in [-0.25, -0.2) is 0 Å². The Bertz CT molecular complexity index is 200. The molecule has 2 saturated carbocycles. The Kier molecular flexibility index (Phi) is 6.54. The fraction of sp³-hybridized carbons (Fsp3) is 1.00. The van der Waals surface area contributed by atoms with E-state index in [1.807, 2.05) is 0 Å². The third-order valence-corrected chi connectivity index (χ3v) is 5.28. The molecule has 1 heteroatoms. The molecule has 106 valence electrons. The summed E-state index contributed by atoms with van der Waals surface area (Å²) in [5.74, 6) is 1.97. The first kappa shape index (κ1) is 14.4. The third-order valence-electron chi connectivity index (χ3n) is 5.28. The fourth-order valence-electron chi connectivity index (χ4n) is 4.07. The fourth-order valence-corrected chi connectivity index (χ4v) is 4.07. The van der Waals surface area contributed by atoms with Crippen molar-refractivity contribution < 1.29 is 0 Å². The summed E-state index contributed by atoms with van der Waals surface area (Å²) >= 11 is 0. The quantitative estimate of drug-likeness (QED) is 0.681. The van der Waals surface area contributed by atoms with Crippen LogP contribution < -0.4 is 5.73 Å². The highest BCUT2D eigenvalue weighted by Gasteiger charge is 2.18. The molecule has 1 nitrogen and oxygen atoms in total. The molecule has 18 heavy (non-hydrogen) atoms. The second-order valence-corrected chi connectivity index (χ2v) is 6.93. The van der Waals surface area contributed by atoms with Crippen LogP contribution in [0.2, 0.25) is 0 Å². The van der Waals surface area contributed by atoms with Gasteiger partial charge in [0.25, 0.3) is 0 Å². The second kappa shape index (κ2) is 8.19. The van der Waals surface area contributed by atoms with Crippen LogP contribution in [0.3, 0.4) is 0 Å². The third kappa shape index (κ3) is 5.30. The van der Waals surface area contributed by atoms with E-state index in [4.69, 9.17) is 5.73 Å². The topological polar surface area (TPSA) is 26.0 Å². The van der Waals surface area contributed by atoms with Crippen molar-refractivity contribution in [3.8, 4) is 0 Å². The summed E-state index contributed by atoms with van der Waals surface area (Å²) in [7, 11) is 0. The minimum Gasteiger partial charge on any atom is -0.328 e. The number of hydrogen-bond donors (Lipinski definition) is 1. The lowest BCUT2D eigenvalue weighted by Gasteiger charge is -2.24. The van der Waals surface area contributed by atoms with E-state index in [-0.39, 0.29) is 0 Å². The Hall–Kier alpha value is -0.0400. The van der Waals surface area contributed by atoms with Crippen LogP contribution in [-0.2, 0) is 0 Å². The summed E-state index contributed by atoms with van der Waals surface area (Å²) in [6.07, 6.45) is 20.2. The van der Waals surface area contributed by atoms with E-state index in [1.165, 1.54) is 89.9 Å². The SMILES string of the molecule is NC(CCC1CCCCC1)CC1CCCCCC1. The van der Waals surface area contributed by atoms with Crippen LogP contribution in [0.1, 0.15) is 89.9 Å². The predicted octanol–water partition coefficient (Wildman–Crippen LogP) is 5.03. The van der Waals surface area contributed by atoms with E-state index < -0.39 is 0 Å². The van der Waals surface area contributed by atoms with Crippen LogP contribution in [0.5, 0.6) is 0 Å². The molecule has 0 aromatic carbocycles. The standard InChI is InChI=1S/C17H33N/c18-17(13-12-15-8-6-3-7-9-15)14-16-10-4-1-2-5-11-16/h15-17H,1-14,18H2. The molecule has 2 aliphatic rings. The van der Waals surface area contributed by atoms with Gasteiger partial charge in [-0.3, -0.25) is 0 Å². The maximum Gasteiger partial charge on any atom is 0.00415 e. The van der Waals surface area contributed by atoms with Gasteiger partial charge >= 0.3 is 0 Å². The summed E-state index contributed by atoms with van der Waals surface area (Å²) in [5.41, 5.74) is 6.37. The van der Waals surface area contributed by atoms with Gasteiger partial charge in [0.1, 0.15) is 0 Å². The zero-order valence-electron chi connectivity index (χ0n) is 12.2. The Morgan fingerprint density at radius 1 is 0.722 bits per heavy atom. The molecule has 2 fully saturated rings. The molecular formula is C17H33N. The van der Waals surface area contributed by atoms with Crippen LogP contribution in [-0.4, -0.2) is 6.04 Å². The average molecular weight is 251 g/mol. The molecule has 2 aliphatic carbocycles. The molecule has 0 saturated heterocycles. The summed E-state index contributed by atoms with van der Waals surface area (Å²) in [4.78, 5) is 0. The second-order valence-electron chi connectivity index (χ2n) is 6.93. The van der Waals surface area contributed by atoms with E-state index in [2.05, 4.69) is 0 Å².